The van der Waals surface area contributed by atoms with Gasteiger partial charge in [-0.25, -0.2) is 0 Å². The van der Waals surface area contributed by atoms with Crippen LogP contribution in [0.2, 0.25) is 0 Å². The van der Waals surface area contributed by atoms with E-state index in [0.29, 0.717) is 5.41 Å². The number of thiazole rings is 1. The minimum Gasteiger partial charge on any atom is -0.316 e. The molecule has 0 bridgehead atoms. The summed E-state index contributed by atoms with van der Waals surface area (Å²) in [7, 11) is 0. The highest BCUT2D eigenvalue weighted by molar-refractivity contribution is 7.07. The molecule has 0 amide bonds. The van der Waals surface area contributed by atoms with Gasteiger partial charge in [0, 0.05) is 24.2 Å². The average molecular weight is 269 g/mol. The van der Waals surface area contributed by atoms with Crippen LogP contribution in [0.15, 0.2) is 10.2 Å². The standard InChI is InChI=1S/C13H23N3OS/c1-13(2,10-4-3-5-14-6-10)9-15-7-11-8-18-12(17)16-11/h8,10,14-15H,3-7,9H2,1-2H3,(H,16,17). The number of hydrogen-bond acceptors (Lipinski definition) is 4. The zero-order valence-corrected chi connectivity index (χ0v) is 12.0. The maximum Gasteiger partial charge on any atom is 0.304 e. The first-order valence-electron chi connectivity index (χ1n) is 6.66. The molecular weight excluding hydrogens is 246 g/mol. The zero-order chi connectivity index (χ0) is 13.0. The van der Waals surface area contributed by atoms with Crippen LogP contribution in [-0.4, -0.2) is 24.6 Å². The summed E-state index contributed by atoms with van der Waals surface area (Å²) < 4.78 is 0. The van der Waals surface area contributed by atoms with E-state index in [1.807, 2.05) is 5.38 Å². The molecular formula is C13H23N3OS. The fourth-order valence-electron chi connectivity index (χ4n) is 2.58. The largest absolute Gasteiger partial charge is 0.316 e. The molecule has 4 nitrogen and oxygen atoms in total. The van der Waals surface area contributed by atoms with Crippen molar-refractivity contribution in [1.82, 2.24) is 15.6 Å². The maximum atomic E-state index is 11.0. The van der Waals surface area contributed by atoms with Crippen molar-refractivity contribution in [3.63, 3.8) is 0 Å². The van der Waals surface area contributed by atoms with Crippen LogP contribution in [0, 0.1) is 11.3 Å². The van der Waals surface area contributed by atoms with E-state index >= 15 is 0 Å². The molecule has 0 radical (unpaired) electrons. The first kappa shape index (κ1) is 13.8. The van der Waals surface area contributed by atoms with Gasteiger partial charge in [-0.1, -0.05) is 25.2 Å². The van der Waals surface area contributed by atoms with Gasteiger partial charge >= 0.3 is 4.87 Å². The minimum atomic E-state index is 0.0301. The molecule has 1 atom stereocenters. The van der Waals surface area contributed by atoms with Crippen LogP contribution in [0.5, 0.6) is 0 Å². The molecule has 1 saturated heterocycles. The zero-order valence-electron chi connectivity index (χ0n) is 11.2. The summed E-state index contributed by atoms with van der Waals surface area (Å²) in [6, 6.07) is 0. The van der Waals surface area contributed by atoms with Gasteiger partial charge in [0.25, 0.3) is 0 Å². The molecule has 0 saturated carbocycles. The van der Waals surface area contributed by atoms with E-state index in [0.717, 1.165) is 37.8 Å². The van der Waals surface area contributed by atoms with Gasteiger partial charge in [-0.05, 0) is 37.3 Å². The third-order valence-electron chi connectivity index (χ3n) is 3.87. The van der Waals surface area contributed by atoms with Crippen molar-refractivity contribution in [2.45, 2.75) is 33.2 Å². The number of piperidine rings is 1. The predicted octanol–water partition coefficient (Wildman–Crippen LogP) is 1.55. The summed E-state index contributed by atoms with van der Waals surface area (Å²) in [6.45, 7) is 8.68. The Labute approximate surface area is 112 Å². The lowest BCUT2D eigenvalue weighted by atomic mass is 9.75. The van der Waals surface area contributed by atoms with E-state index in [4.69, 9.17) is 0 Å². The second kappa shape index (κ2) is 5.99. The van der Waals surface area contributed by atoms with Crippen LogP contribution in [0.3, 0.4) is 0 Å². The van der Waals surface area contributed by atoms with Crippen molar-refractivity contribution >= 4 is 11.3 Å². The molecule has 1 aliphatic heterocycles. The highest BCUT2D eigenvalue weighted by Gasteiger charge is 2.30. The molecule has 1 aromatic heterocycles. The van der Waals surface area contributed by atoms with Gasteiger partial charge < -0.3 is 15.6 Å². The summed E-state index contributed by atoms with van der Waals surface area (Å²) in [6.07, 6.45) is 2.60. The van der Waals surface area contributed by atoms with Crippen molar-refractivity contribution < 1.29 is 0 Å². The Hall–Kier alpha value is -0.650. The summed E-state index contributed by atoms with van der Waals surface area (Å²) in [4.78, 5) is 13.9. The van der Waals surface area contributed by atoms with E-state index < -0.39 is 0 Å². The second-order valence-electron chi connectivity index (χ2n) is 5.81. The Balaban J connectivity index is 1.79. The first-order chi connectivity index (χ1) is 8.58. The van der Waals surface area contributed by atoms with E-state index in [1.165, 1.54) is 24.2 Å². The van der Waals surface area contributed by atoms with E-state index in [2.05, 4.69) is 29.5 Å². The first-order valence-corrected chi connectivity index (χ1v) is 7.54. The number of rotatable bonds is 5. The van der Waals surface area contributed by atoms with Crippen LogP contribution >= 0.6 is 11.3 Å². The third kappa shape index (κ3) is 3.67. The summed E-state index contributed by atoms with van der Waals surface area (Å²) in [5.74, 6) is 0.736. The maximum absolute atomic E-state index is 11.0. The highest BCUT2D eigenvalue weighted by atomic mass is 32.1. The van der Waals surface area contributed by atoms with Gasteiger partial charge in [-0.3, -0.25) is 4.79 Å². The predicted molar refractivity (Wildman–Crippen MR) is 76.0 cm³/mol. The molecule has 1 aliphatic rings. The molecule has 1 aromatic rings. The van der Waals surface area contributed by atoms with Crippen molar-refractivity contribution in [3.05, 3.63) is 20.7 Å². The van der Waals surface area contributed by atoms with E-state index in [9.17, 15) is 4.79 Å². The molecule has 0 aliphatic carbocycles. The summed E-state index contributed by atoms with van der Waals surface area (Å²) >= 11 is 1.23. The van der Waals surface area contributed by atoms with E-state index in [1.54, 1.807) is 0 Å². The van der Waals surface area contributed by atoms with E-state index in [-0.39, 0.29) is 4.87 Å². The number of hydrogen-bond donors (Lipinski definition) is 3. The quantitative estimate of drug-likeness (QED) is 0.760. The van der Waals surface area contributed by atoms with Gasteiger partial charge in [0.15, 0.2) is 0 Å². The molecule has 1 fully saturated rings. The minimum absolute atomic E-state index is 0.0301. The Morgan fingerprint density at radius 2 is 2.39 bits per heavy atom. The number of aromatic amines is 1. The Bertz CT molecular complexity index is 418. The lowest BCUT2D eigenvalue weighted by molar-refractivity contribution is 0.166. The highest BCUT2D eigenvalue weighted by Crippen LogP contribution is 2.30. The van der Waals surface area contributed by atoms with Gasteiger partial charge in [0.1, 0.15) is 0 Å². The monoisotopic (exact) mass is 269 g/mol. The molecule has 0 spiro atoms. The molecule has 5 heteroatoms. The van der Waals surface area contributed by atoms with Gasteiger partial charge in [-0.2, -0.15) is 0 Å². The molecule has 18 heavy (non-hydrogen) atoms. The average Bonchev–Trinajstić information content (AvgIpc) is 2.76. The second-order valence-corrected chi connectivity index (χ2v) is 6.65. The molecule has 2 rings (SSSR count). The summed E-state index contributed by atoms with van der Waals surface area (Å²) in [5.41, 5.74) is 1.28. The lowest BCUT2D eigenvalue weighted by Crippen LogP contribution is -2.43. The molecule has 102 valence electrons. The van der Waals surface area contributed by atoms with Crippen LogP contribution in [0.25, 0.3) is 0 Å². The Morgan fingerprint density at radius 3 is 3.00 bits per heavy atom. The molecule has 0 aromatic carbocycles. The van der Waals surface area contributed by atoms with Crippen molar-refractivity contribution in [2.75, 3.05) is 19.6 Å². The lowest BCUT2D eigenvalue weighted by Gasteiger charge is -2.37. The number of aromatic nitrogens is 1. The fourth-order valence-corrected chi connectivity index (χ4v) is 3.16. The topological polar surface area (TPSA) is 56.9 Å². The van der Waals surface area contributed by atoms with Crippen molar-refractivity contribution in [2.24, 2.45) is 11.3 Å². The van der Waals surface area contributed by atoms with Crippen LogP contribution in [-0.2, 0) is 6.54 Å². The van der Waals surface area contributed by atoms with Gasteiger partial charge in [-0.15, -0.1) is 0 Å². The normalized spacial score (nSPS) is 21.1. The Morgan fingerprint density at radius 1 is 1.56 bits per heavy atom. The van der Waals surface area contributed by atoms with Crippen molar-refractivity contribution in [1.29, 1.82) is 0 Å². The smallest absolute Gasteiger partial charge is 0.304 e. The van der Waals surface area contributed by atoms with Crippen LogP contribution in [0.1, 0.15) is 32.4 Å². The van der Waals surface area contributed by atoms with Gasteiger partial charge in [0.2, 0.25) is 0 Å². The number of nitrogens with one attached hydrogen (secondary N) is 3. The number of H-pyrrole nitrogens is 1. The van der Waals surface area contributed by atoms with Crippen molar-refractivity contribution in [3.8, 4) is 0 Å². The molecule has 1 unspecified atom stereocenters. The SMILES string of the molecule is CC(C)(CNCc1csc(=O)[nH]1)C1CCCNC1. The van der Waals surface area contributed by atoms with Crippen LogP contribution < -0.4 is 15.5 Å². The molecule has 2 heterocycles. The Kier molecular flexibility index (Phi) is 4.59. The fraction of sp³-hybridized carbons (Fsp3) is 0.769. The summed E-state index contributed by atoms with van der Waals surface area (Å²) in [5, 5.41) is 8.83. The molecule has 3 N–H and O–H groups in total. The van der Waals surface area contributed by atoms with Gasteiger partial charge in [0.05, 0.1) is 0 Å². The third-order valence-corrected chi connectivity index (χ3v) is 4.59. The van der Waals surface area contributed by atoms with Crippen LogP contribution in [0.4, 0.5) is 0 Å².